The van der Waals surface area contributed by atoms with Crippen LogP contribution in [0.3, 0.4) is 0 Å². The standard InChI is InChI=1S/C20H23NO3/c1-3-16(17-9-5-4-6-10-17)13-21-20(23)15(2)24-19-12-8-7-11-18(19)14-22/h4-12,14-16H,3,13H2,1-2H3,(H,21,23)/t15-,16-/m0/s1. The van der Waals surface area contributed by atoms with Gasteiger partial charge < -0.3 is 10.1 Å². The molecule has 1 N–H and O–H groups in total. The molecule has 2 rings (SSSR count). The Hall–Kier alpha value is -2.62. The van der Waals surface area contributed by atoms with Crippen LogP contribution in [0.25, 0.3) is 0 Å². The van der Waals surface area contributed by atoms with Gasteiger partial charge >= 0.3 is 0 Å². The first-order valence-corrected chi connectivity index (χ1v) is 8.19. The van der Waals surface area contributed by atoms with Crippen molar-refractivity contribution in [2.45, 2.75) is 32.3 Å². The molecule has 0 radical (unpaired) electrons. The second-order valence-corrected chi connectivity index (χ2v) is 5.68. The Bertz CT molecular complexity index is 670. The van der Waals surface area contributed by atoms with Gasteiger partial charge in [-0.1, -0.05) is 49.4 Å². The minimum absolute atomic E-state index is 0.190. The molecule has 0 heterocycles. The van der Waals surface area contributed by atoms with E-state index in [1.165, 1.54) is 5.56 Å². The maximum absolute atomic E-state index is 12.3. The van der Waals surface area contributed by atoms with Crippen LogP contribution in [0.5, 0.6) is 5.75 Å². The Labute approximate surface area is 142 Å². The smallest absolute Gasteiger partial charge is 0.260 e. The van der Waals surface area contributed by atoms with Gasteiger partial charge in [0.1, 0.15) is 5.75 Å². The van der Waals surface area contributed by atoms with E-state index in [-0.39, 0.29) is 11.8 Å². The van der Waals surface area contributed by atoms with Crippen LogP contribution in [-0.2, 0) is 4.79 Å². The van der Waals surface area contributed by atoms with Gasteiger partial charge in [0, 0.05) is 12.5 Å². The minimum atomic E-state index is -0.667. The zero-order valence-corrected chi connectivity index (χ0v) is 14.1. The molecule has 0 saturated carbocycles. The Morgan fingerprint density at radius 2 is 1.79 bits per heavy atom. The summed E-state index contributed by atoms with van der Waals surface area (Å²) in [6.45, 7) is 4.34. The number of carbonyl (C=O) groups is 2. The number of hydrogen-bond donors (Lipinski definition) is 1. The van der Waals surface area contributed by atoms with Gasteiger partial charge in [0.05, 0.1) is 5.56 Å². The summed E-state index contributed by atoms with van der Waals surface area (Å²) in [7, 11) is 0. The molecule has 0 unspecified atom stereocenters. The van der Waals surface area contributed by atoms with E-state index in [0.717, 1.165) is 12.7 Å². The Balaban J connectivity index is 1.92. The highest BCUT2D eigenvalue weighted by Gasteiger charge is 2.18. The van der Waals surface area contributed by atoms with Gasteiger partial charge in [0.15, 0.2) is 12.4 Å². The van der Waals surface area contributed by atoms with Gasteiger partial charge in [-0.2, -0.15) is 0 Å². The fourth-order valence-electron chi connectivity index (χ4n) is 2.52. The van der Waals surface area contributed by atoms with E-state index in [1.54, 1.807) is 31.2 Å². The highest BCUT2D eigenvalue weighted by Crippen LogP contribution is 2.19. The molecule has 0 spiro atoms. The van der Waals surface area contributed by atoms with E-state index in [1.807, 2.05) is 18.2 Å². The first-order chi connectivity index (χ1) is 11.7. The summed E-state index contributed by atoms with van der Waals surface area (Å²) in [4.78, 5) is 23.3. The highest BCUT2D eigenvalue weighted by molar-refractivity contribution is 5.82. The van der Waals surface area contributed by atoms with Crippen LogP contribution in [0, 0.1) is 0 Å². The Morgan fingerprint density at radius 1 is 1.12 bits per heavy atom. The van der Waals surface area contributed by atoms with Crippen molar-refractivity contribution in [3.8, 4) is 5.75 Å². The molecule has 2 aromatic carbocycles. The lowest BCUT2D eigenvalue weighted by Gasteiger charge is -2.19. The SMILES string of the molecule is CC[C@@H](CNC(=O)[C@H](C)Oc1ccccc1C=O)c1ccccc1. The van der Waals surface area contributed by atoms with Crippen LogP contribution in [0.4, 0.5) is 0 Å². The lowest BCUT2D eigenvalue weighted by atomic mass is 9.96. The van der Waals surface area contributed by atoms with Crippen LogP contribution in [0.15, 0.2) is 54.6 Å². The van der Waals surface area contributed by atoms with Gasteiger partial charge in [-0.05, 0) is 31.0 Å². The molecule has 4 heteroatoms. The number of carbonyl (C=O) groups excluding carboxylic acids is 2. The summed E-state index contributed by atoms with van der Waals surface area (Å²) in [6.07, 6.45) is 0.995. The van der Waals surface area contributed by atoms with Crippen LogP contribution in [0.2, 0.25) is 0 Å². The predicted molar refractivity (Wildman–Crippen MR) is 94.4 cm³/mol. The molecule has 0 aliphatic heterocycles. The molecule has 126 valence electrons. The third kappa shape index (κ3) is 4.69. The second kappa shape index (κ2) is 8.87. The van der Waals surface area contributed by atoms with Crippen LogP contribution in [-0.4, -0.2) is 24.8 Å². The summed E-state index contributed by atoms with van der Waals surface area (Å²) < 4.78 is 5.63. The first kappa shape index (κ1) is 17.7. The first-order valence-electron chi connectivity index (χ1n) is 8.19. The molecule has 0 aliphatic carbocycles. The number of benzene rings is 2. The molecule has 0 bridgehead atoms. The van der Waals surface area contributed by atoms with Gasteiger partial charge in [-0.15, -0.1) is 0 Å². The third-order valence-electron chi connectivity index (χ3n) is 4.01. The fraction of sp³-hybridized carbons (Fsp3) is 0.300. The van der Waals surface area contributed by atoms with Crippen molar-refractivity contribution >= 4 is 12.2 Å². The molecule has 1 amide bonds. The molecule has 2 atom stereocenters. The second-order valence-electron chi connectivity index (χ2n) is 5.68. The minimum Gasteiger partial charge on any atom is -0.480 e. The topological polar surface area (TPSA) is 55.4 Å². The number of amides is 1. The van der Waals surface area contributed by atoms with Crippen molar-refractivity contribution in [3.05, 3.63) is 65.7 Å². The summed E-state index contributed by atoms with van der Waals surface area (Å²) in [6, 6.07) is 17.0. The highest BCUT2D eigenvalue weighted by atomic mass is 16.5. The van der Waals surface area contributed by atoms with Crippen molar-refractivity contribution in [2.24, 2.45) is 0 Å². The molecule has 0 aromatic heterocycles. The summed E-state index contributed by atoms with van der Waals surface area (Å²) >= 11 is 0. The van der Waals surface area contributed by atoms with E-state index < -0.39 is 6.10 Å². The molecular formula is C20H23NO3. The van der Waals surface area contributed by atoms with Gasteiger partial charge in [0.25, 0.3) is 5.91 Å². The number of aldehydes is 1. The maximum atomic E-state index is 12.3. The van der Waals surface area contributed by atoms with Gasteiger partial charge in [-0.25, -0.2) is 0 Å². The van der Waals surface area contributed by atoms with Crippen LogP contribution < -0.4 is 10.1 Å². The number of hydrogen-bond acceptors (Lipinski definition) is 3. The van der Waals surface area contributed by atoms with Crippen molar-refractivity contribution < 1.29 is 14.3 Å². The van der Waals surface area contributed by atoms with Crippen molar-refractivity contribution in [2.75, 3.05) is 6.54 Å². The quantitative estimate of drug-likeness (QED) is 0.755. The van der Waals surface area contributed by atoms with E-state index in [2.05, 4.69) is 24.4 Å². The van der Waals surface area contributed by atoms with E-state index in [4.69, 9.17) is 4.74 Å². The number of ether oxygens (including phenoxy) is 1. The third-order valence-corrected chi connectivity index (χ3v) is 4.01. The van der Waals surface area contributed by atoms with Crippen molar-refractivity contribution in [1.29, 1.82) is 0 Å². The van der Waals surface area contributed by atoms with E-state index >= 15 is 0 Å². The van der Waals surface area contributed by atoms with E-state index in [0.29, 0.717) is 17.9 Å². The monoisotopic (exact) mass is 325 g/mol. The lowest BCUT2D eigenvalue weighted by molar-refractivity contribution is -0.127. The number of rotatable bonds is 8. The summed E-state index contributed by atoms with van der Waals surface area (Å²) in [5, 5.41) is 2.94. The summed E-state index contributed by atoms with van der Waals surface area (Å²) in [5.74, 6) is 0.500. The maximum Gasteiger partial charge on any atom is 0.260 e. The average Bonchev–Trinajstić information content (AvgIpc) is 2.63. The van der Waals surface area contributed by atoms with Crippen LogP contribution in [0.1, 0.15) is 42.1 Å². The number of nitrogens with one attached hydrogen (secondary N) is 1. The molecule has 0 aliphatic rings. The molecule has 24 heavy (non-hydrogen) atoms. The normalized spacial score (nSPS) is 12.9. The van der Waals surface area contributed by atoms with Crippen molar-refractivity contribution in [3.63, 3.8) is 0 Å². The zero-order valence-electron chi connectivity index (χ0n) is 14.1. The molecular weight excluding hydrogens is 302 g/mol. The number of para-hydroxylation sites is 1. The summed E-state index contributed by atoms with van der Waals surface area (Å²) in [5.41, 5.74) is 1.65. The lowest BCUT2D eigenvalue weighted by Crippen LogP contribution is -2.38. The van der Waals surface area contributed by atoms with Crippen LogP contribution >= 0.6 is 0 Å². The van der Waals surface area contributed by atoms with Gasteiger partial charge in [-0.3, -0.25) is 9.59 Å². The van der Waals surface area contributed by atoms with E-state index in [9.17, 15) is 9.59 Å². The average molecular weight is 325 g/mol. The molecule has 0 fully saturated rings. The predicted octanol–water partition coefficient (Wildman–Crippen LogP) is 3.58. The fourth-order valence-corrected chi connectivity index (χ4v) is 2.52. The molecule has 2 aromatic rings. The largest absolute Gasteiger partial charge is 0.480 e. The zero-order chi connectivity index (χ0) is 17.4. The van der Waals surface area contributed by atoms with Crippen molar-refractivity contribution in [1.82, 2.24) is 5.32 Å². The Morgan fingerprint density at radius 3 is 2.46 bits per heavy atom. The van der Waals surface area contributed by atoms with Gasteiger partial charge in [0.2, 0.25) is 0 Å². The Kier molecular flexibility index (Phi) is 6.55. The molecule has 0 saturated heterocycles. The molecule has 4 nitrogen and oxygen atoms in total.